The maximum atomic E-state index is 13.3. The molecule has 0 spiro atoms. The highest BCUT2D eigenvalue weighted by molar-refractivity contribution is 7.99. The molecule has 2 aromatic carbocycles. The van der Waals surface area contributed by atoms with Crippen molar-refractivity contribution < 1.29 is 9.59 Å². The number of rotatable bonds is 8. The summed E-state index contributed by atoms with van der Waals surface area (Å²) in [6.45, 7) is 2.49. The number of nitrogens with zero attached hydrogens (tertiary/aromatic N) is 3. The highest BCUT2D eigenvalue weighted by atomic mass is 32.2. The summed E-state index contributed by atoms with van der Waals surface area (Å²) in [6.07, 6.45) is 3.98. The van der Waals surface area contributed by atoms with Crippen LogP contribution in [-0.4, -0.2) is 32.3 Å². The second-order valence-corrected chi connectivity index (χ2v) is 11.1. The summed E-state index contributed by atoms with van der Waals surface area (Å²) in [4.78, 5) is 27.4. The van der Waals surface area contributed by atoms with Crippen LogP contribution in [0.15, 0.2) is 59.8 Å². The fraction of sp³-hybridized carbons (Fsp3) is 0.286. The topological polar surface area (TPSA) is 88.9 Å². The third kappa shape index (κ3) is 5.62. The van der Waals surface area contributed by atoms with Gasteiger partial charge in [0, 0.05) is 24.0 Å². The molecule has 1 aliphatic carbocycles. The largest absolute Gasteiger partial charge is 0.348 e. The lowest BCUT2D eigenvalue weighted by molar-refractivity contribution is -0.113. The van der Waals surface area contributed by atoms with E-state index in [-0.39, 0.29) is 17.6 Å². The number of aryl methyl sites for hydroxylation is 2. The van der Waals surface area contributed by atoms with Crippen molar-refractivity contribution in [2.75, 3.05) is 11.1 Å². The summed E-state index contributed by atoms with van der Waals surface area (Å²) in [5, 5.41) is 16.0. The second-order valence-electron chi connectivity index (χ2n) is 9.10. The maximum Gasteiger partial charge on any atom is 0.254 e. The molecule has 0 unspecified atom stereocenters. The zero-order valence-electron chi connectivity index (χ0n) is 20.9. The molecule has 37 heavy (non-hydrogen) atoms. The molecule has 1 aliphatic rings. The number of aromatic nitrogens is 3. The molecule has 190 valence electrons. The quantitative estimate of drug-likeness (QED) is 0.298. The van der Waals surface area contributed by atoms with Crippen LogP contribution in [0.5, 0.6) is 0 Å². The third-order valence-corrected chi connectivity index (χ3v) is 8.73. The van der Waals surface area contributed by atoms with Crippen molar-refractivity contribution in [3.63, 3.8) is 0 Å². The molecule has 2 N–H and O–H groups in total. The lowest BCUT2D eigenvalue weighted by Gasteiger charge is -2.13. The van der Waals surface area contributed by atoms with Gasteiger partial charge in [0.05, 0.1) is 11.3 Å². The number of benzene rings is 2. The molecule has 0 aliphatic heterocycles. The monoisotopic (exact) mass is 531 g/mol. The average molecular weight is 532 g/mol. The first-order valence-corrected chi connectivity index (χ1v) is 14.2. The van der Waals surface area contributed by atoms with E-state index in [1.807, 2.05) is 73.1 Å². The molecular weight excluding hydrogens is 502 g/mol. The zero-order chi connectivity index (χ0) is 25.8. The van der Waals surface area contributed by atoms with E-state index >= 15 is 0 Å². The van der Waals surface area contributed by atoms with E-state index in [2.05, 4.69) is 20.8 Å². The van der Waals surface area contributed by atoms with Crippen molar-refractivity contribution in [2.24, 2.45) is 7.05 Å². The van der Waals surface area contributed by atoms with E-state index in [4.69, 9.17) is 0 Å². The number of hydrogen-bond donors (Lipinski definition) is 2. The number of thiophene rings is 1. The van der Waals surface area contributed by atoms with Crippen LogP contribution in [0.1, 0.15) is 44.8 Å². The summed E-state index contributed by atoms with van der Waals surface area (Å²) in [5.74, 6) is 0.640. The smallest absolute Gasteiger partial charge is 0.254 e. The van der Waals surface area contributed by atoms with E-state index in [0.717, 1.165) is 53.8 Å². The van der Waals surface area contributed by atoms with Crippen molar-refractivity contribution in [3.8, 4) is 11.4 Å². The van der Waals surface area contributed by atoms with Gasteiger partial charge in [0.25, 0.3) is 5.91 Å². The second kappa shape index (κ2) is 11.3. The van der Waals surface area contributed by atoms with Crippen molar-refractivity contribution in [1.29, 1.82) is 0 Å². The van der Waals surface area contributed by atoms with Gasteiger partial charge in [0.2, 0.25) is 5.91 Å². The first kappa shape index (κ1) is 25.2. The Morgan fingerprint density at radius 2 is 1.78 bits per heavy atom. The molecule has 0 saturated heterocycles. The Morgan fingerprint density at radius 3 is 2.59 bits per heavy atom. The molecule has 0 fully saturated rings. The number of hydrogen-bond acceptors (Lipinski definition) is 6. The summed E-state index contributed by atoms with van der Waals surface area (Å²) in [6, 6.07) is 17.9. The number of nitrogens with one attached hydrogen (secondary N) is 2. The van der Waals surface area contributed by atoms with Gasteiger partial charge in [-0.05, 0) is 49.3 Å². The molecule has 2 aromatic heterocycles. The third-order valence-electron chi connectivity index (χ3n) is 6.50. The van der Waals surface area contributed by atoms with Gasteiger partial charge >= 0.3 is 0 Å². The maximum absolute atomic E-state index is 13.3. The molecular formula is C28H29N5O2S2. The molecule has 2 amide bonds. The molecule has 9 heteroatoms. The number of amides is 2. The lowest BCUT2D eigenvalue weighted by atomic mass is 9.95. The fourth-order valence-electron chi connectivity index (χ4n) is 4.55. The predicted molar refractivity (Wildman–Crippen MR) is 149 cm³/mol. The van der Waals surface area contributed by atoms with Gasteiger partial charge in [-0.1, -0.05) is 66.4 Å². The fourth-order valence-corrected chi connectivity index (χ4v) is 6.57. The van der Waals surface area contributed by atoms with E-state index in [1.54, 1.807) is 0 Å². The van der Waals surface area contributed by atoms with Gasteiger partial charge in [-0.25, -0.2) is 0 Å². The van der Waals surface area contributed by atoms with Gasteiger partial charge in [-0.3, -0.25) is 9.59 Å². The Balaban J connectivity index is 1.28. The number of fused-ring (bicyclic) bond motifs is 1. The molecule has 0 saturated carbocycles. The van der Waals surface area contributed by atoms with Gasteiger partial charge < -0.3 is 15.2 Å². The van der Waals surface area contributed by atoms with Crippen LogP contribution in [0.2, 0.25) is 0 Å². The van der Waals surface area contributed by atoms with Gasteiger partial charge in [-0.2, -0.15) is 0 Å². The Bertz CT molecular complexity index is 1430. The lowest BCUT2D eigenvalue weighted by Crippen LogP contribution is -2.25. The van der Waals surface area contributed by atoms with Crippen LogP contribution in [0.4, 0.5) is 5.00 Å². The van der Waals surface area contributed by atoms with Gasteiger partial charge in [-0.15, -0.1) is 21.5 Å². The van der Waals surface area contributed by atoms with Crippen molar-refractivity contribution in [2.45, 2.75) is 44.3 Å². The summed E-state index contributed by atoms with van der Waals surface area (Å²) in [7, 11) is 1.91. The van der Waals surface area contributed by atoms with Crippen molar-refractivity contribution in [3.05, 3.63) is 81.7 Å². The molecule has 0 radical (unpaired) electrons. The molecule has 5 rings (SSSR count). The highest BCUT2D eigenvalue weighted by Crippen LogP contribution is 2.38. The van der Waals surface area contributed by atoms with Crippen LogP contribution in [0.3, 0.4) is 0 Å². The number of carbonyl (C=O) groups is 2. The Labute approximate surface area is 224 Å². The van der Waals surface area contributed by atoms with Crippen LogP contribution in [0, 0.1) is 6.92 Å². The SMILES string of the molecule is Cc1ccccc1-c1nnc(SCC(=O)Nc2sc3c(c2C(=O)NCc2ccccc2)CCCC3)n1C. The standard InChI is InChI=1S/C28H29N5O2S2/c1-18-10-6-7-13-20(18)25-31-32-28(33(25)2)36-17-23(34)30-27-24(21-14-8-9-15-22(21)37-27)26(35)29-16-19-11-4-3-5-12-19/h3-7,10-13H,8-9,14-17H2,1-2H3,(H,29,35)(H,30,34). The minimum absolute atomic E-state index is 0.137. The van der Waals surface area contributed by atoms with Crippen LogP contribution in [0.25, 0.3) is 11.4 Å². The van der Waals surface area contributed by atoms with Crippen LogP contribution in [-0.2, 0) is 31.2 Å². The number of carbonyl (C=O) groups excluding carboxylic acids is 2. The molecule has 7 nitrogen and oxygen atoms in total. The van der Waals surface area contributed by atoms with Gasteiger partial charge in [0.1, 0.15) is 5.00 Å². The van der Waals surface area contributed by atoms with Crippen LogP contribution >= 0.6 is 23.1 Å². The molecule has 0 atom stereocenters. The molecule has 2 heterocycles. The Morgan fingerprint density at radius 1 is 1.03 bits per heavy atom. The predicted octanol–water partition coefficient (Wildman–Crippen LogP) is 5.39. The summed E-state index contributed by atoms with van der Waals surface area (Å²) in [5.41, 5.74) is 4.88. The summed E-state index contributed by atoms with van der Waals surface area (Å²) >= 11 is 2.87. The first-order chi connectivity index (χ1) is 18.0. The first-order valence-electron chi connectivity index (χ1n) is 12.4. The molecule has 4 aromatic rings. The van der Waals surface area contributed by atoms with Crippen molar-refractivity contribution >= 4 is 39.9 Å². The van der Waals surface area contributed by atoms with Gasteiger partial charge in [0.15, 0.2) is 11.0 Å². The highest BCUT2D eigenvalue weighted by Gasteiger charge is 2.26. The minimum atomic E-state index is -0.166. The molecule has 0 bridgehead atoms. The normalized spacial score (nSPS) is 12.7. The minimum Gasteiger partial charge on any atom is -0.348 e. The Hall–Kier alpha value is -3.43. The summed E-state index contributed by atoms with van der Waals surface area (Å²) < 4.78 is 1.91. The number of anilines is 1. The van der Waals surface area contributed by atoms with E-state index in [1.165, 1.54) is 28.0 Å². The van der Waals surface area contributed by atoms with E-state index in [9.17, 15) is 9.59 Å². The van der Waals surface area contributed by atoms with Crippen LogP contribution < -0.4 is 10.6 Å². The van der Waals surface area contributed by atoms with Crippen molar-refractivity contribution in [1.82, 2.24) is 20.1 Å². The Kier molecular flexibility index (Phi) is 7.71. The number of thioether (sulfide) groups is 1. The zero-order valence-corrected chi connectivity index (χ0v) is 22.5. The van der Waals surface area contributed by atoms with E-state index < -0.39 is 0 Å². The average Bonchev–Trinajstić information content (AvgIpc) is 3.46. The van der Waals surface area contributed by atoms with E-state index in [0.29, 0.717) is 22.3 Å².